The van der Waals surface area contributed by atoms with Gasteiger partial charge in [-0.15, -0.1) is 0 Å². The third-order valence-corrected chi connectivity index (χ3v) is 3.19. The van der Waals surface area contributed by atoms with Gasteiger partial charge in [-0.2, -0.15) is 12.6 Å². The van der Waals surface area contributed by atoms with Crippen molar-refractivity contribution in [3.05, 3.63) is 71.8 Å². The molecule has 0 saturated heterocycles. The topological polar surface area (TPSA) is 20.2 Å². The molecule has 0 heterocycles. The third-order valence-electron chi connectivity index (χ3n) is 2.73. The van der Waals surface area contributed by atoms with Crippen LogP contribution in [0.5, 0.6) is 0 Å². The maximum Gasteiger partial charge on any atom is 0.123 e. The lowest BCUT2D eigenvalue weighted by molar-refractivity contribution is 0.108. The number of rotatable bonds is 3. The quantitative estimate of drug-likeness (QED) is 0.777. The third kappa shape index (κ3) is 1.99. The van der Waals surface area contributed by atoms with Gasteiger partial charge in [-0.05, 0) is 11.1 Å². The average Bonchev–Trinajstić information content (AvgIpc) is 2.40. The molecule has 0 spiro atoms. The summed E-state index contributed by atoms with van der Waals surface area (Å²) in [7, 11) is 0. The van der Waals surface area contributed by atoms with Crippen molar-refractivity contribution in [1.29, 1.82) is 0 Å². The average molecular weight is 230 g/mol. The Bertz CT molecular complexity index is 399. The van der Waals surface area contributed by atoms with Gasteiger partial charge < -0.3 is 5.11 Å². The molecule has 82 valence electrons. The fourth-order valence-electron chi connectivity index (χ4n) is 1.78. The summed E-state index contributed by atoms with van der Waals surface area (Å²) in [5, 5.41) is 10.7. The van der Waals surface area contributed by atoms with E-state index in [2.05, 4.69) is 12.6 Å². The van der Waals surface area contributed by atoms with Gasteiger partial charge in [0.1, 0.15) is 5.60 Å². The number of thiol groups is 1. The van der Waals surface area contributed by atoms with Crippen LogP contribution in [0.25, 0.3) is 0 Å². The molecule has 2 rings (SSSR count). The zero-order valence-electron chi connectivity index (χ0n) is 8.88. The van der Waals surface area contributed by atoms with Gasteiger partial charge in [0, 0.05) is 5.75 Å². The monoisotopic (exact) mass is 230 g/mol. The molecule has 2 heteroatoms. The van der Waals surface area contributed by atoms with E-state index in [1.165, 1.54) is 0 Å². The van der Waals surface area contributed by atoms with Gasteiger partial charge in [0.2, 0.25) is 0 Å². The Hall–Kier alpha value is -1.25. The van der Waals surface area contributed by atoms with Gasteiger partial charge in [-0.1, -0.05) is 60.7 Å². The zero-order chi connectivity index (χ0) is 11.4. The first-order valence-electron chi connectivity index (χ1n) is 5.21. The van der Waals surface area contributed by atoms with Crippen LogP contribution in [0.4, 0.5) is 0 Å². The molecule has 0 radical (unpaired) electrons. The van der Waals surface area contributed by atoms with Crippen molar-refractivity contribution in [2.24, 2.45) is 0 Å². The molecule has 0 saturated carbocycles. The Kier molecular flexibility index (Phi) is 3.32. The van der Waals surface area contributed by atoms with Gasteiger partial charge in [0.15, 0.2) is 0 Å². The molecular weight excluding hydrogens is 216 g/mol. The minimum atomic E-state index is -1.01. The van der Waals surface area contributed by atoms with Crippen LogP contribution in [0.15, 0.2) is 60.7 Å². The SMILES string of the molecule is OC(CS)(c1ccccc1)c1ccccc1. The highest BCUT2D eigenvalue weighted by Crippen LogP contribution is 2.30. The first-order chi connectivity index (χ1) is 7.77. The maximum absolute atomic E-state index is 10.7. The molecule has 2 aromatic rings. The Morgan fingerprint density at radius 3 is 1.50 bits per heavy atom. The lowest BCUT2D eigenvalue weighted by atomic mass is 9.88. The highest BCUT2D eigenvalue weighted by atomic mass is 32.1. The Morgan fingerprint density at radius 2 is 1.19 bits per heavy atom. The fraction of sp³-hybridized carbons (Fsp3) is 0.143. The molecule has 0 fully saturated rings. The predicted molar refractivity (Wildman–Crippen MR) is 69.7 cm³/mol. The molecule has 0 aliphatic heterocycles. The van der Waals surface area contributed by atoms with Gasteiger partial charge in [-0.25, -0.2) is 0 Å². The van der Waals surface area contributed by atoms with E-state index in [1.54, 1.807) is 0 Å². The molecule has 0 bridgehead atoms. The van der Waals surface area contributed by atoms with Crippen molar-refractivity contribution in [2.75, 3.05) is 5.75 Å². The van der Waals surface area contributed by atoms with Gasteiger partial charge in [-0.3, -0.25) is 0 Å². The lowest BCUT2D eigenvalue weighted by Crippen LogP contribution is -2.29. The van der Waals surface area contributed by atoms with Gasteiger partial charge >= 0.3 is 0 Å². The van der Waals surface area contributed by atoms with E-state index in [0.717, 1.165) is 11.1 Å². The smallest absolute Gasteiger partial charge is 0.123 e. The van der Waals surface area contributed by atoms with Crippen molar-refractivity contribution in [3.63, 3.8) is 0 Å². The number of hydrogen-bond donors (Lipinski definition) is 2. The minimum absolute atomic E-state index is 0.362. The fourth-order valence-corrected chi connectivity index (χ4v) is 2.14. The van der Waals surface area contributed by atoms with Crippen molar-refractivity contribution < 1.29 is 5.11 Å². The Labute approximate surface area is 101 Å². The van der Waals surface area contributed by atoms with E-state index in [0.29, 0.717) is 5.75 Å². The van der Waals surface area contributed by atoms with Gasteiger partial charge in [0.05, 0.1) is 0 Å². The summed E-state index contributed by atoms with van der Waals surface area (Å²) < 4.78 is 0. The number of hydrogen-bond acceptors (Lipinski definition) is 2. The zero-order valence-corrected chi connectivity index (χ0v) is 9.77. The second-order valence-corrected chi connectivity index (χ2v) is 4.07. The summed E-state index contributed by atoms with van der Waals surface area (Å²) in [6.45, 7) is 0. The van der Waals surface area contributed by atoms with E-state index < -0.39 is 5.60 Å². The van der Waals surface area contributed by atoms with Crippen LogP contribution in [0, 0.1) is 0 Å². The molecule has 0 amide bonds. The molecule has 2 aromatic carbocycles. The van der Waals surface area contributed by atoms with E-state index in [4.69, 9.17) is 0 Å². The van der Waals surface area contributed by atoms with Gasteiger partial charge in [0.25, 0.3) is 0 Å². The molecular formula is C14H14OS. The first-order valence-corrected chi connectivity index (χ1v) is 5.85. The summed E-state index contributed by atoms with van der Waals surface area (Å²) in [4.78, 5) is 0. The van der Waals surface area contributed by atoms with Crippen molar-refractivity contribution in [1.82, 2.24) is 0 Å². The second-order valence-electron chi connectivity index (χ2n) is 3.75. The molecule has 16 heavy (non-hydrogen) atoms. The summed E-state index contributed by atoms with van der Waals surface area (Å²) >= 11 is 4.27. The van der Waals surface area contributed by atoms with E-state index in [-0.39, 0.29) is 0 Å². The lowest BCUT2D eigenvalue weighted by Gasteiger charge is -2.27. The summed E-state index contributed by atoms with van der Waals surface area (Å²) in [6.07, 6.45) is 0. The molecule has 0 aliphatic rings. The Morgan fingerprint density at radius 1 is 0.812 bits per heavy atom. The van der Waals surface area contributed by atoms with Crippen LogP contribution in [-0.2, 0) is 5.60 Å². The van der Waals surface area contributed by atoms with E-state index in [1.807, 2.05) is 60.7 Å². The van der Waals surface area contributed by atoms with Crippen LogP contribution in [-0.4, -0.2) is 10.9 Å². The standard InChI is InChI=1S/C14H14OS/c15-14(11-16,12-7-3-1-4-8-12)13-9-5-2-6-10-13/h1-10,15-16H,11H2. The molecule has 0 aromatic heterocycles. The first kappa shape index (κ1) is 11.2. The molecule has 0 aliphatic carbocycles. The highest BCUT2D eigenvalue weighted by molar-refractivity contribution is 7.80. The van der Waals surface area contributed by atoms with Crippen LogP contribution < -0.4 is 0 Å². The van der Waals surface area contributed by atoms with Crippen LogP contribution in [0.1, 0.15) is 11.1 Å². The minimum Gasteiger partial charge on any atom is -0.380 e. The molecule has 0 atom stereocenters. The normalized spacial score (nSPS) is 11.4. The molecule has 0 unspecified atom stereocenters. The summed E-state index contributed by atoms with van der Waals surface area (Å²) in [5.74, 6) is 0.362. The van der Waals surface area contributed by atoms with Crippen molar-refractivity contribution >= 4 is 12.6 Å². The van der Waals surface area contributed by atoms with E-state index in [9.17, 15) is 5.11 Å². The maximum atomic E-state index is 10.7. The molecule has 1 N–H and O–H groups in total. The summed E-state index contributed by atoms with van der Waals surface area (Å²) in [5.41, 5.74) is 0.735. The van der Waals surface area contributed by atoms with E-state index >= 15 is 0 Å². The number of benzene rings is 2. The second kappa shape index (κ2) is 4.73. The van der Waals surface area contributed by atoms with Crippen molar-refractivity contribution in [2.45, 2.75) is 5.60 Å². The van der Waals surface area contributed by atoms with Crippen LogP contribution >= 0.6 is 12.6 Å². The van der Waals surface area contributed by atoms with Crippen LogP contribution in [0.3, 0.4) is 0 Å². The van der Waals surface area contributed by atoms with Crippen molar-refractivity contribution in [3.8, 4) is 0 Å². The molecule has 1 nitrogen and oxygen atoms in total. The predicted octanol–water partition coefficient (Wildman–Crippen LogP) is 2.85. The summed E-state index contributed by atoms with van der Waals surface area (Å²) in [6, 6.07) is 19.2. The number of aliphatic hydroxyl groups is 1. The largest absolute Gasteiger partial charge is 0.380 e. The highest BCUT2D eigenvalue weighted by Gasteiger charge is 2.29. The Balaban J connectivity index is 2.49. The van der Waals surface area contributed by atoms with Crippen LogP contribution in [0.2, 0.25) is 0 Å².